The lowest BCUT2D eigenvalue weighted by molar-refractivity contribution is -0.117. The van der Waals surface area contributed by atoms with Crippen LogP contribution >= 0.6 is 11.8 Å². The number of primary amides is 1. The molecule has 5 nitrogen and oxygen atoms in total. The molecular formula is C23H23N3O2S. The molecule has 0 saturated carbocycles. The van der Waals surface area contributed by atoms with Crippen molar-refractivity contribution in [3.05, 3.63) is 76.3 Å². The fraction of sp³-hybridized carbons (Fsp3) is 0.261. The summed E-state index contributed by atoms with van der Waals surface area (Å²) < 4.78 is 0. The highest BCUT2D eigenvalue weighted by Gasteiger charge is 2.40. The van der Waals surface area contributed by atoms with Gasteiger partial charge in [0.05, 0.1) is 5.25 Å². The van der Waals surface area contributed by atoms with Gasteiger partial charge in [-0.15, -0.1) is 0 Å². The van der Waals surface area contributed by atoms with Crippen LogP contribution in [0.5, 0.6) is 0 Å². The van der Waals surface area contributed by atoms with Gasteiger partial charge in [-0.1, -0.05) is 67.6 Å². The fourth-order valence-corrected chi connectivity index (χ4v) is 4.56. The van der Waals surface area contributed by atoms with Crippen LogP contribution in [0.2, 0.25) is 0 Å². The molecule has 1 saturated heterocycles. The van der Waals surface area contributed by atoms with Crippen LogP contribution in [0.1, 0.15) is 30.9 Å². The molecule has 1 atom stereocenters. The first-order valence-electron chi connectivity index (χ1n) is 9.62. The third-order valence-electron chi connectivity index (χ3n) is 4.80. The summed E-state index contributed by atoms with van der Waals surface area (Å²) in [6.45, 7) is 2.17. The normalized spacial score (nSPS) is 17.9. The summed E-state index contributed by atoms with van der Waals surface area (Å²) in [5.74, 6) is -0.982. The largest absolute Gasteiger partial charge is 0.365 e. The number of amides is 2. The molecule has 0 spiro atoms. The van der Waals surface area contributed by atoms with Gasteiger partial charge >= 0.3 is 0 Å². The van der Waals surface area contributed by atoms with E-state index in [0.717, 1.165) is 24.8 Å². The number of carbonyl (C=O) groups excluding carboxylic acids is 2. The van der Waals surface area contributed by atoms with Crippen molar-refractivity contribution in [2.45, 2.75) is 37.9 Å². The Balaban J connectivity index is 1.89. The monoisotopic (exact) mass is 405 g/mol. The number of hydrogen-bond acceptors (Lipinski definition) is 4. The summed E-state index contributed by atoms with van der Waals surface area (Å²) in [5, 5.41) is 9.31. The summed E-state index contributed by atoms with van der Waals surface area (Å²) >= 11 is 1.23. The van der Waals surface area contributed by atoms with Gasteiger partial charge in [0.1, 0.15) is 16.7 Å². The molecule has 29 heavy (non-hydrogen) atoms. The predicted octanol–water partition coefficient (Wildman–Crippen LogP) is 3.94. The number of nitrogens with zero attached hydrogens (tertiary/aromatic N) is 2. The highest BCUT2D eigenvalue weighted by atomic mass is 32.2. The van der Waals surface area contributed by atoms with E-state index in [1.54, 1.807) is 12.1 Å². The SMILES string of the molecule is CCCCc1ccc(CC2SC(=C(C#N)C(N)=O)N(c3ccccc3)C2=O)cc1. The van der Waals surface area contributed by atoms with Gasteiger partial charge in [-0.05, 0) is 42.5 Å². The maximum absolute atomic E-state index is 13.2. The number of nitrogens with two attached hydrogens (primary N) is 1. The zero-order valence-electron chi connectivity index (χ0n) is 16.3. The Bertz CT molecular complexity index is 962. The molecule has 1 aliphatic rings. The summed E-state index contributed by atoms with van der Waals surface area (Å²) in [6.07, 6.45) is 3.87. The highest BCUT2D eigenvalue weighted by molar-refractivity contribution is 8.05. The Kier molecular flexibility index (Phi) is 6.73. The summed E-state index contributed by atoms with van der Waals surface area (Å²) in [4.78, 5) is 26.4. The van der Waals surface area contributed by atoms with Crippen LogP contribution < -0.4 is 10.6 Å². The summed E-state index contributed by atoms with van der Waals surface area (Å²) in [6, 6.07) is 19.2. The number of carbonyl (C=O) groups is 2. The topological polar surface area (TPSA) is 87.2 Å². The number of hydrogen-bond donors (Lipinski definition) is 1. The van der Waals surface area contributed by atoms with Crippen molar-refractivity contribution >= 4 is 29.3 Å². The minimum absolute atomic E-state index is 0.153. The number of thioether (sulfide) groups is 1. The van der Waals surface area contributed by atoms with Gasteiger partial charge in [0.25, 0.3) is 5.91 Å². The maximum Gasteiger partial charge on any atom is 0.262 e. The second kappa shape index (κ2) is 9.44. The molecule has 0 bridgehead atoms. The van der Waals surface area contributed by atoms with Gasteiger partial charge in [0.2, 0.25) is 5.91 Å². The van der Waals surface area contributed by atoms with Crippen molar-refractivity contribution in [2.75, 3.05) is 4.90 Å². The number of nitriles is 1. The van der Waals surface area contributed by atoms with E-state index < -0.39 is 11.2 Å². The van der Waals surface area contributed by atoms with Crippen molar-refractivity contribution in [3.63, 3.8) is 0 Å². The molecular weight excluding hydrogens is 382 g/mol. The van der Waals surface area contributed by atoms with Crippen LogP contribution in [0.15, 0.2) is 65.2 Å². The number of anilines is 1. The Morgan fingerprint density at radius 1 is 1.14 bits per heavy atom. The van der Waals surface area contributed by atoms with Crippen LogP contribution in [0.3, 0.4) is 0 Å². The molecule has 2 amide bonds. The van der Waals surface area contributed by atoms with E-state index in [9.17, 15) is 14.9 Å². The molecule has 1 unspecified atom stereocenters. The molecule has 1 aliphatic heterocycles. The van der Waals surface area contributed by atoms with E-state index in [-0.39, 0.29) is 11.5 Å². The predicted molar refractivity (Wildman–Crippen MR) is 116 cm³/mol. The van der Waals surface area contributed by atoms with E-state index in [0.29, 0.717) is 17.1 Å². The number of rotatable bonds is 7. The second-order valence-corrected chi connectivity index (χ2v) is 8.09. The molecule has 0 aliphatic carbocycles. The Morgan fingerprint density at radius 3 is 2.38 bits per heavy atom. The van der Waals surface area contributed by atoms with Crippen LogP contribution in [0.25, 0.3) is 0 Å². The van der Waals surface area contributed by atoms with Gasteiger partial charge in [-0.2, -0.15) is 5.26 Å². The molecule has 1 fully saturated rings. The van der Waals surface area contributed by atoms with Gasteiger partial charge in [0, 0.05) is 5.69 Å². The van der Waals surface area contributed by atoms with Gasteiger partial charge in [0.15, 0.2) is 0 Å². The fourth-order valence-electron chi connectivity index (χ4n) is 3.25. The van der Waals surface area contributed by atoms with Gasteiger partial charge in [-0.25, -0.2) is 0 Å². The van der Waals surface area contributed by atoms with Gasteiger partial charge in [-0.3, -0.25) is 14.5 Å². The smallest absolute Gasteiger partial charge is 0.262 e. The van der Waals surface area contributed by atoms with E-state index in [1.165, 1.54) is 22.2 Å². The molecule has 0 aromatic heterocycles. The molecule has 148 valence electrons. The maximum atomic E-state index is 13.2. The molecule has 0 radical (unpaired) electrons. The Hall–Kier alpha value is -3.04. The minimum Gasteiger partial charge on any atom is -0.365 e. The van der Waals surface area contributed by atoms with E-state index in [1.807, 2.05) is 36.4 Å². The van der Waals surface area contributed by atoms with Gasteiger partial charge < -0.3 is 5.73 Å². The summed E-state index contributed by atoms with van der Waals surface area (Å²) in [7, 11) is 0. The molecule has 2 N–H and O–H groups in total. The molecule has 3 rings (SSSR count). The first-order chi connectivity index (χ1) is 14.0. The van der Waals surface area contributed by atoms with E-state index in [2.05, 4.69) is 19.1 Å². The third kappa shape index (κ3) is 4.69. The van der Waals surface area contributed by atoms with Crippen LogP contribution in [0.4, 0.5) is 5.69 Å². The Morgan fingerprint density at radius 2 is 1.79 bits per heavy atom. The highest BCUT2D eigenvalue weighted by Crippen LogP contribution is 2.41. The molecule has 1 heterocycles. The minimum atomic E-state index is -0.829. The van der Waals surface area contributed by atoms with Crippen molar-refractivity contribution in [2.24, 2.45) is 5.73 Å². The number of para-hydroxylation sites is 1. The first-order valence-corrected chi connectivity index (χ1v) is 10.5. The number of unbranched alkanes of at least 4 members (excludes halogenated alkanes) is 1. The average molecular weight is 406 g/mol. The lowest BCUT2D eigenvalue weighted by Crippen LogP contribution is -2.31. The van der Waals surface area contributed by atoms with Crippen LogP contribution in [-0.2, 0) is 22.4 Å². The number of benzene rings is 2. The first kappa shape index (κ1) is 20.7. The Labute approximate surface area is 175 Å². The average Bonchev–Trinajstić information content (AvgIpc) is 3.04. The third-order valence-corrected chi connectivity index (χ3v) is 6.07. The zero-order valence-corrected chi connectivity index (χ0v) is 17.1. The van der Waals surface area contributed by atoms with Crippen LogP contribution in [0, 0.1) is 11.3 Å². The lowest BCUT2D eigenvalue weighted by atomic mass is 10.0. The van der Waals surface area contributed by atoms with Crippen LogP contribution in [-0.4, -0.2) is 17.1 Å². The molecule has 2 aromatic rings. The van der Waals surface area contributed by atoms with Crippen molar-refractivity contribution in [3.8, 4) is 6.07 Å². The van der Waals surface area contributed by atoms with E-state index >= 15 is 0 Å². The molecule has 2 aromatic carbocycles. The number of aryl methyl sites for hydroxylation is 1. The standard InChI is InChI=1S/C23H23N3O2S/c1-2-3-7-16-10-12-17(13-11-16)14-20-22(28)26(18-8-5-4-6-9-18)23(29-20)19(15-24)21(25)27/h4-6,8-13,20H,2-3,7,14H2,1H3,(H2,25,27). The summed E-state index contributed by atoms with van der Waals surface area (Å²) in [5.41, 5.74) is 8.15. The molecule has 6 heteroatoms. The second-order valence-electron chi connectivity index (χ2n) is 6.90. The zero-order chi connectivity index (χ0) is 20.8. The van der Waals surface area contributed by atoms with E-state index in [4.69, 9.17) is 5.73 Å². The quantitative estimate of drug-likeness (QED) is 0.558. The van der Waals surface area contributed by atoms with Crippen molar-refractivity contribution in [1.29, 1.82) is 5.26 Å². The lowest BCUT2D eigenvalue weighted by Gasteiger charge is -2.18. The van der Waals surface area contributed by atoms with Crippen molar-refractivity contribution < 1.29 is 9.59 Å². The van der Waals surface area contributed by atoms with Crippen molar-refractivity contribution in [1.82, 2.24) is 0 Å².